The van der Waals surface area contributed by atoms with Gasteiger partial charge in [-0.3, -0.25) is 9.59 Å². The van der Waals surface area contributed by atoms with E-state index in [0.717, 1.165) is 18.7 Å². The van der Waals surface area contributed by atoms with Crippen LogP contribution in [0.2, 0.25) is 5.02 Å². The molecule has 0 unspecified atom stereocenters. The first-order valence-corrected chi connectivity index (χ1v) is 6.34. The molecule has 1 aliphatic rings. The summed E-state index contributed by atoms with van der Waals surface area (Å²) in [5.74, 6) is 1.40. The Kier molecular flexibility index (Phi) is 3.77. The van der Waals surface area contributed by atoms with Crippen molar-refractivity contribution in [1.82, 2.24) is 0 Å². The Balaban J connectivity index is 2.44. The minimum absolute atomic E-state index is 0.316. The zero-order chi connectivity index (χ0) is 14.0. The van der Waals surface area contributed by atoms with Gasteiger partial charge in [0.25, 0.3) is 11.7 Å². The Morgan fingerprint density at radius 1 is 1.42 bits per heavy atom. The summed E-state index contributed by atoms with van der Waals surface area (Å²) in [6.07, 6.45) is 6.26. The third-order valence-electron chi connectivity index (χ3n) is 2.90. The molecule has 1 amide bonds. The summed E-state index contributed by atoms with van der Waals surface area (Å²) in [4.78, 5) is 24.8. The minimum Gasteiger partial charge on any atom is -0.359 e. The Hall–Kier alpha value is -1.99. The van der Waals surface area contributed by atoms with Gasteiger partial charge in [0.15, 0.2) is 0 Å². The van der Waals surface area contributed by atoms with E-state index >= 15 is 0 Å². The SMILES string of the molecule is C#CCN(CCC)c1cc2c(cc1Cl)C(=O)C(=O)N2. The lowest BCUT2D eigenvalue weighted by atomic mass is 10.1. The van der Waals surface area contributed by atoms with E-state index in [2.05, 4.69) is 11.2 Å². The molecule has 0 spiro atoms. The molecule has 1 aliphatic heterocycles. The first kappa shape index (κ1) is 13.4. The van der Waals surface area contributed by atoms with E-state index in [0.29, 0.717) is 22.8 Å². The Labute approximate surface area is 116 Å². The van der Waals surface area contributed by atoms with E-state index in [1.807, 2.05) is 11.8 Å². The molecule has 0 saturated carbocycles. The average molecular weight is 277 g/mol. The van der Waals surface area contributed by atoms with Gasteiger partial charge in [0.2, 0.25) is 0 Å². The number of hydrogen-bond acceptors (Lipinski definition) is 3. The summed E-state index contributed by atoms with van der Waals surface area (Å²) < 4.78 is 0. The van der Waals surface area contributed by atoms with Crippen LogP contribution < -0.4 is 10.2 Å². The molecule has 5 heteroatoms. The molecule has 0 aromatic heterocycles. The van der Waals surface area contributed by atoms with Gasteiger partial charge < -0.3 is 10.2 Å². The summed E-state index contributed by atoms with van der Waals surface area (Å²) in [6.45, 7) is 3.22. The van der Waals surface area contributed by atoms with Crippen LogP contribution in [0.15, 0.2) is 12.1 Å². The van der Waals surface area contributed by atoms with Gasteiger partial charge in [0, 0.05) is 6.54 Å². The number of ketones is 1. The molecule has 1 aromatic rings. The Morgan fingerprint density at radius 2 is 2.16 bits per heavy atom. The molecule has 4 nitrogen and oxygen atoms in total. The highest BCUT2D eigenvalue weighted by Crippen LogP contribution is 2.35. The zero-order valence-corrected chi connectivity index (χ0v) is 11.3. The van der Waals surface area contributed by atoms with Gasteiger partial charge in [-0.1, -0.05) is 24.4 Å². The number of anilines is 2. The second-order valence-corrected chi connectivity index (χ2v) is 4.67. The lowest BCUT2D eigenvalue weighted by Crippen LogP contribution is -2.24. The van der Waals surface area contributed by atoms with Crippen LogP contribution in [0.5, 0.6) is 0 Å². The van der Waals surface area contributed by atoms with Crippen molar-refractivity contribution >= 4 is 34.7 Å². The van der Waals surface area contributed by atoms with Crippen molar-refractivity contribution in [2.45, 2.75) is 13.3 Å². The van der Waals surface area contributed by atoms with E-state index in [1.165, 1.54) is 6.07 Å². The smallest absolute Gasteiger partial charge is 0.296 e. The van der Waals surface area contributed by atoms with E-state index < -0.39 is 11.7 Å². The summed E-state index contributed by atoms with van der Waals surface area (Å²) in [5, 5.41) is 2.95. The van der Waals surface area contributed by atoms with Crippen molar-refractivity contribution in [3.8, 4) is 12.3 Å². The predicted octanol–water partition coefficient (Wildman–Crippen LogP) is 2.32. The van der Waals surface area contributed by atoms with E-state index in [4.69, 9.17) is 18.0 Å². The molecule has 1 N–H and O–H groups in total. The van der Waals surface area contributed by atoms with Crippen molar-refractivity contribution in [2.24, 2.45) is 0 Å². The lowest BCUT2D eigenvalue weighted by Gasteiger charge is -2.23. The molecule has 98 valence electrons. The van der Waals surface area contributed by atoms with Gasteiger partial charge >= 0.3 is 0 Å². The fourth-order valence-corrected chi connectivity index (χ4v) is 2.34. The summed E-state index contributed by atoms with van der Waals surface area (Å²) in [6, 6.07) is 3.22. The molecular formula is C14H13ClN2O2. The number of benzene rings is 1. The molecule has 0 fully saturated rings. The third-order valence-corrected chi connectivity index (χ3v) is 3.21. The molecule has 1 heterocycles. The first-order valence-electron chi connectivity index (χ1n) is 5.96. The fraction of sp³-hybridized carbons (Fsp3) is 0.286. The molecular weight excluding hydrogens is 264 g/mol. The number of nitrogens with one attached hydrogen (secondary N) is 1. The number of hydrogen-bond donors (Lipinski definition) is 1. The number of terminal acetylenes is 1. The van der Waals surface area contributed by atoms with Gasteiger partial charge in [0.1, 0.15) is 0 Å². The van der Waals surface area contributed by atoms with Crippen LogP contribution in [0.3, 0.4) is 0 Å². The van der Waals surface area contributed by atoms with Crippen molar-refractivity contribution in [2.75, 3.05) is 23.3 Å². The molecule has 0 radical (unpaired) electrons. The molecule has 19 heavy (non-hydrogen) atoms. The first-order chi connectivity index (χ1) is 9.08. The number of Topliss-reactive ketones (excluding diaryl/α,β-unsaturated/α-hetero) is 1. The van der Waals surface area contributed by atoms with Crippen LogP contribution in [0.1, 0.15) is 23.7 Å². The maximum atomic E-state index is 11.6. The van der Waals surface area contributed by atoms with Gasteiger partial charge in [-0.15, -0.1) is 6.42 Å². The topological polar surface area (TPSA) is 49.4 Å². The summed E-state index contributed by atoms with van der Waals surface area (Å²) in [5.41, 5.74) is 1.54. The van der Waals surface area contributed by atoms with E-state index in [1.54, 1.807) is 6.07 Å². The number of nitrogens with zero attached hydrogens (tertiary/aromatic N) is 1. The van der Waals surface area contributed by atoms with Gasteiger partial charge in [-0.05, 0) is 18.6 Å². The molecule has 1 aromatic carbocycles. The maximum absolute atomic E-state index is 11.6. The summed E-state index contributed by atoms with van der Waals surface area (Å²) >= 11 is 6.19. The highest BCUT2D eigenvalue weighted by atomic mass is 35.5. The number of carbonyl (C=O) groups is 2. The van der Waals surface area contributed by atoms with Crippen molar-refractivity contribution in [1.29, 1.82) is 0 Å². The molecule has 0 aliphatic carbocycles. The maximum Gasteiger partial charge on any atom is 0.296 e. The quantitative estimate of drug-likeness (QED) is 0.678. The normalized spacial score (nSPS) is 12.9. The van der Waals surface area contributed by atoms with Crippen molar-refractivity contribution in [3.05, 3.63) is 22.7 Å². The minimum atomic E-state index is -0.623. The fourth-order valence-electron chi connectivity index (χ4n) is 2.06. The zero-order valence-electron chi connectivity index (χ0n) is 10.5. The highest BCUT2D eigenvalue weighted by molar-refractivity contribution is 6.52. The third kappa shape index (κ3) is 2.42. The Bertz CT molecular complexity index is 590. The summed E-state index contributed by atoms with van der Waals surface area (Å²) in [7, 11) is 0. The van der Waals surface area contributed by atoms with Gasteiger partial charge in [-0.2, -0.15) is 0 Å². The van der Waals surface area contributed by atoms with Gasteiger partial charge in [-0.25, -0.2) is 0 Å². The van der Waals surface area contributed by atoms with E-state index in [9.17, 15) is 9.59 Å². The monoisotopic (exact) mass is 276 g/mol. The van der Waals surface area contributed by atoms with Crippen molar-refractivity contribution < 1.29 is 9.59 Å². The van der Waals surface area contributed by atoms with Gasteiger partial charge in [0.05, 0.1) is 28.5 Å². The molecule has 0 atom stereocenters. The lowest BCUT2D eigenvalue weighted by molar-refractivity contribution is -0.112. The number of amides is 1. The second-order valence-electron chi connectivity index (χ2n) is 4.26. The van der Waals surface area contributed by atoms with Crippen LogP contribution in [0.4, 0.5) is 11.4 Å². The van der Waals surface area contributed by atoms with Crippen LogP contribution in [-0.4, -0.2) is 24.8 Å². The predicted molar refractivity (Wildman–Crippen MR) is 75.7 cm³/mol. The number of carbonyl (C=O) groups excluding carboxylic acids is 2. The largest absolute Gasteiger partial charge is 0.359 e. The standard InChI is InChI=1S/C14H13ClN2O2/c1-3-5-17(6-4-2)12-8-11-9(7-10(12)15)13(18)14(19)16-11/h1,7-8H,4-6H2,2H3,(H,16,18,19). The average Bonchev–Trinajstić information content (AvgIpc) is 2.64. The molecule has 2 rings (SSSR count). The van der Waals surface area contributed by atoms with Crippen LogP contribution in [-0.2, 0) is 4.79 Å². The van der Waals surface area contributed by atoms with Crippen LogP contribution in [0.25, 0.3) is 0 Å². The second kappa shape index (κ2) is 5.33. The molecule has 0 saturated heterocycles. The number of halogens is 1. The molecule has 0 bridgehead atoms. The highest BCUT2D eigenvalue weighted by Gasteiger charge is 2.29. The van der Waals surface area contributed by atoms with Crippen LogP contribution >= 0.6 is 11.6 Å². The van der Waals surface area contributed by atoms with E-state index in [-0.39, 0.29) is 0 Å². The number of rotatable bonds is 4. The Morgan fingerprint density at radius 3 is 2.79 bits per heavy atom. The van der Waals surface area contributed by atoms with Crippen molar-refractivity contribution in [3.63, 3.8) is 0 Å². The van der Waals surface area contributed by atoms with Crippen LogP contribution in [0, 0.1) is 12.3 Å². The number of fused-ring (bicyclic) bond motifs is 1.